The Morgan fingerprint density at radius 2 is 1.86 bits per heavy atom. The lowest BCUT2D eigenvalue weighted by Crippen LogP contribution is -2.09. The second-order valence-electron chi connectivity index (χ2n) is 2.74. The van der Waals surface area contributed by atoms with Crippen molar-refractivity contribution < 1.29 is 13.2 Å². The van der Waals surface area contributed by atoms with Gasteiger partial charge in [0.25, 0.3) is 0 Å². The first-order chi connectivity index (χ1) is 6.36. The second-order valence-corrected chi connectivity index (χ2v) is 3.12. The van der Waals surface area contributed by atoms with E-state index in [0.717, 1.165) is 12.1 Å². The van der Waals surface area contributed by atoms with E-state index in [0.29, 0.717) is 0 Å². The molecule has 1 rings (SSSR count). The summed E-state index contributed by atoms with van der Waals surface area (Å²) >= 11 is 5.64. The van der Waals surface area contributed by atoms with Gasteiger partial charge in [0.15, 0.2) is 0 Å². The molecular formula is C8H8ClF3N2. The third-order valence-electron chi connectivity index (χ3n) is 1.72. The van der Waals surface area contributed by atoms with Crippen LogP contribution in [0.4, 0.5) is 18.9 Å². The fourth-order valence-electron chi connectivity index (χ4n) is 1.02. The Labute approximate surface area is 83.6 Å². The van der Waals surface area contributed by atoms with Gasteiger partial charge in [-0.2, -0.15) is 13.2 Å². The van der Waals surface area contributed by atoms with Crippen LogP contribution in [0.3, 0.4) is 0 Å². The number of alkyl halides is 3. The molecule has 2 nitrogen and oxygen atoms in total. The second kappa shape index (κ2) is 3.67. The molecule has 0 spiro atoms. The van der Waals surface area contributed by atoms with Gasteiger partial charge in [0, 0.05) is 6.54 Å². The first kappa shape index (κ1) is 11.1. The van der Waals surface area contributed by atoms with Crippen LogP contribution in [0.2, 0.25) is 5.02 Å². The third-order valence-corrected chi connectivity index (χ3v) is 2.18. The molecule has 0 aromatic heterocycles. The van der Waals surface area contributed by atoms with Crippen molar-refractivity contribution in [3.63, 3.8) is 0 Å². The molecule has 6 heteroatoms. The van der Waals surface area contributed by atoms with Gasteiger partial charge in [-0.1, -0.05) is 11.6 Å². The van der Waals surface area contributed by atoms with Crippen molar-refractivity contribution in [3.8, 4) is 0 Å². The largest absolute Gasteiger partial charge is 0.416 e. The average molecular weight is 225 g/mol. The minimum Gasteiger partial charge on any atom is -0.398 e. The van der Waals surface area contributed by atoms with E-state index < -0.39 is 11.7 Å². The SMILES string of the molecule is NCc1cc(C(F)(F)F)cc(N)c1Cl. The number of halogens is 4. The zero-order valence-corrected chi connectivity index (χ0v) is 7.78. The molecule has 0 bridgehead atoms. The van der Waals surface area contributed by atoms with Gasteiger partial charge in [0.2, 0.25) is 0 Å². The summed E-state index contributed by atoms with van der Waals surface area (Å²) < 4.78 is 36.8. The lowest BCUT2D eigenvalue weighted by atomic mass is 10.1. The molecule has 0 aliphatic carbocycles. The summed E-state index contributed by atoms with van der Waals surface area (Å²) in [5, 5.41) is 0.0838. The topological polar surface area (TPSA) is 52.0 Å². The van der Waals surface area contributed by atoms with Gasteiger partial charge in [0.05, 0.1) is 16.3 Å². The van der Waals surface area contributed by atoms with Gasteiger partial charge < -0.3 is 11.5 Å². The molecule has 14 heavy (non-hydrogen) atoms. The third kappa shape index (κ3) is 2.10. The Hall–Kier alpha value is -0.940. The molecule has 0 saturated heterocycles. The number of hydrogen-bond acceptors (Lipinski definition) is 2. The summed E-state index contributed by atoms with van der Waals surface area (Å²) in [6.07, 6.45) is -4.43. The molecule has 0 fully saturated rings. The maximum atomic E-state index is 12.3. The number of nitrogen functional groups attached to an aromatic ring is 1. The monoisotopic (exact) mass is 224 g/mol. The molecule has 0 heterocycles. The first-order valence-electron chi connectivity index (χ1n) is 3.71. The van der Waals surface area contributed by atoms with Crippen LogP contribution in [-0.2, 0) is 12.7 Å². The average Bonchev–Trinajstić information content (AvgIpc) is 2.07. The quantitative estimate of drug-likeness (QED) is 0.720. The number of anilines is 1. The fraction of sp³-hybridized carbons (Fsp3) is 0.250. The zero-order valence-electron chi connectivity index (χ0n) is 7.03. The van der Waals surface area contributed by atoms with Crippen LogP contribution in [0, 0.1) is 0 Å². The molecule has 0 unspecified atom stereocenters. The van der Waals surface area contributed by atoms with Crippen LogP contribution in [0.15, 0.2) is 12.1 Å². The van der Waals surface area contributed by atoms with E-state index in [1.165, 1.54) is 0 Å². The zero-order chi connectivity index (χ0) is 10.9. The van der Waals surface area contributed by atoms with Crippen molar-refractivity contribution in [2.45, 2.75) is 12.7 Å². The maximum absolute atomic E-state index is 12.3. The number of hydrogen-bond donors (Lipinski definition) is 2. The van der Waals surface area contributed by atoms with Gasteiger partial charge in [-0.15, -0.1) is 0 Å². The van der Waals surface area contributed by atoms with E-state index >= 15 is 0 Å². The van der Waals surface area contributed by atoms with Crippen LogP contribution in [0.25, 0.3) is 0 Å². The van der Waals surface area contributed by atoms with Crippen molar-refractivity contribution in [2.24, 2.45) is 5.73 Å². The van der Waals surface area contributed by atoms with Crippen molar-refractivity contribution in [1.82, 2.24) is 0 Å². The minimum absolute atomic E-state index is 0.0764. The summed E-state index contributed by atoms with van der Waals surface area (Å²) in [5.41, 5.74) is 9.78. The highest BCUT2D eigenvalue weighted by Gasteiger charge is 2.31. The van der Waals surface area contributed by atoms with E-state index in [2.05, 4.69) is 0 Å². The molecule has 0 aliphatic heterocycles. The number of benzene rings is 1. The lowest BCUT2D eigenvalue weighted by Gasteiger charge is -2.11. The Morgan fingerprint density at radius 3 is 2.29 bits per heavy atom. The van der Waals surface area contributed by atoms with Crippen molar-refractivity contribution >= 4 is 17.3 Å². The summed E-state index contributed by atoms with van der Waals surface area (Å²) in [4.78, 5) is 0. The molecule has 0 aliphatic rings. The summed E-state index contributed by atoms with van der Waals surface area (Å²) in [5.74, 6) is 0. The summed E-state index contributed by atoms with van der Waals surface area (Å²) in [7, 11) is 0. The highest BCUT2D eigenvalue weighted by molar-refractivity contribution is 6.33. The summed E-state index contributed by atoms with van der Waals surface area (Å²) in [6, 6.07) is 1.69. The van der Waals surface area contributed by atoms with Crippen molar-refractivity contribution in [3.05, 3.63) is 28.3 Å². The van der Waals surface area contributed by atoms with Crippen molar-refractivity contribution in [1.29, 1.82) is 0 Å². The van der Waals surface area contributed by atoms with Crippen molar-refractivity contribution in [2.75, 3.05) is 5.73 Å². The molecule has 1 aromatic rings. The fourth-order valence-corrected chi connectivity index (χ4v) is 1.21. The Morgan fingerprint density at radius 1 is 1.29 bits per heavy atom. The molecule has 0 amide bonds. The van der Waals surface area contributed by atoms with Gasteiger partial charge in [-0.05, 0) is 17.7 Å². The standard InChI is InChI=1S/C8H8ClF3N2/c9-7-4(3-13)1-5(2-6(7)14)8(10,11)12/h1-2H,3,13-14H2. The van der Waals surface area contributed by atoms with Crippen LogP contribution >= 0.6 is 11.6 Å². The van der Waals surface area contributed by atoms with Gasteiger partial charge in [-0.25, -0.2) is 0 Å². The van der Waals surface area contributed by atoms with E-state index in [1.807, 2.05) is 0 Å². The Kier molecular flexibility index (Phi) is 2.92. The minimum atomic E-state index is -4.43. The molecule has 78 valence electrons. The molecule has 0 saturated carbocycles. The predicted molar refractivity (Wildman–Crippen MR) is 48.8 cm³/mol. The highest BCUT2D eigenvalue weighted by atomic mass is 35.5. The molecule has 4 N–H and O–H groups in total. The predicted octanol–water partition coefficient (Wildman–Crippen LogP) is 2.40. The van der Waals surface area contributed by atoms with Crippen LogP contribution in [0.5, 0.6) is 0 Å². The van der Waals surface area contributed by atoms with E-state index in [-0.39, 0.29) is 22.8 Å². The lowest BCUT2D eigenvalue weighted by molar-refractivity contribution is -0.137. The maximum Gasteiger partial charge on any atom is 0.416 e. The van der Waals surface area contributed by atoms with Crippen LogP contribution in [-0.4, -0.2) is 0 Å². The number of nitrogens with two attached hydrogens (primary N) is 2. The highest BCUT2D eigenvalue weighted by Crippen LogP contribution is 2.34. The van der Waals surface area contributed by atoms with Crippen LogP contribution < -0.4 is 11.5 Å². The van der Waals surface area contributed by atoms with Gasteiger partial charge >= 0.3 is 6.18 Å². The van der Waals surface area contributed by atoms with Gasteiger partial charge in [-0.3, -0.25) is 0 Å². The first-order valence-corrected chi connectivity index (χ1v) is 4.09. The summed E-state index contributed by atoms with van der Waals surface area (Å²) in [6.45, 7) is -0.0764. The van der Waals surface area contributed by atoms with E-state index in [9.17, 15) is 13.2 Å². The van der Waals surface area contributed by atoms with Gasteiger partial charge in [0.1, 0.15) is 0 Å². The smallest absolute Gasteiger partial charge is 0.398 e. The normalized spacial score (nSPS) is 11.8. The van der Waals surface area contributed by atoms with E-state index in [1.54, 1.807) is 0 Å². The molecule has 0 atom stereocenters. The Bertz CT molecular complexity index is 349. The molecule has 0 radical (unpaired) electrons. The number of rotatable bonds is 1. The molecule has 1 aromatic carbocycles. The van der Waals surface area contributed by atoms with E-state index in [4.69, 9.17) is 23.1 Å². The molecular weight excluding hydrogens is 217 g/mol. The van der Waals surface area contributed by atoms with Crippen LogP contribution in [0.1, 0.15) is 11.1 Å². The Balaban J connectivity index is 3.30.